The molecule has 0 atom stereocenters. The van der Waals surface area contributed by atoms with Crippen LogP contribution in [0.3, 0.4) is 0 Å². The molecule has 0 spiro atoms. The summed E-state index contributed by atoms with van der Waals surface area (Å²) in [5.74, 6) is 0. The van der Waals surface area contributed by atoms with Crippen molar-refractivity contribution in [3.05, 3.63) is 65.8 Å². The maximum absolute atomic E-state index is 13.4. The molecule has 2 aromatic carbocycles. The predicted octanol–water partition coefficient (Wildman–Crippen LogP) is 4.89. The molecule has 0 fully saturated rings. The Bertz CT molecular complexity index is 840. The Morgan fingerprint density at radius 1 is 1.04 bits per heavy atom. The monoisotopic (exact) mass is 467 g/mol. The number of anilines is 2. The van der Waals surface area contributed by atoms with Gasteiger partial charge in [-0.15, -0.1) is 0 Å². The Kier molecular flexibility index (Phi) is 5.15. The highest BCUT2D eigenvalue weighted by Crippen LogP contribution is 2.45. The average Bonchev–Trinajstić information content (AvgIpc) is 2.52. The molecule has 132 valence electrons. The summed E-state index contributed by atoms with van der Waals surface area (Å²) in [6.07, 6.45) is -5.01. The fourth-order valence-corrected chi connectivity index (χ4v) is 2.57. The van der Waals surface area contributed by atoms with Crippen molar-refractivity contribution in [3.63, 3.8) is 0 Å². The third-order valence-electron chi connectivity index (χ3n) is 3.34. The molecule has 2 aromatic rings. The zero-order valence-electron chi connectivity index (χ0n) is 12.5. The minimum absolute atomic E-state index is 0.267. The molecular weight excluding hydrogens is 458 g/mol. The second kappa shape index (κ2) is 6.82. The molecule has 0 bridgehead atoms. The maximum atomic E-state index is 13.4. The van der Waals surface area contributed by atoms with Gasteiger partial charge in [0, 0.05) is 22.4 Å². The predicted molar refractivity (Wildman–Crippen MR) is 92.0 cm³/mol. The molecule has 11 heteroatoms. The molecule has 7 nitrogen and oxygen atoms in total. The van der Waals surface area contributed by atoms with Crippen LogP contribution < -0.4 is 4.90 Å². The number of halogens is 4. The first-order chi connectivity index (χ1) is 11.5. The van der Waals surface area contributed by atoms with Crippen LogP contribution in [-0.2, 0) is 6.18 Å². The zero-order valence-corrected chi connectivity index (χ0v) is 14.6. The molecule has 2 rings (SSSR count). The van der Waals surface area contributed by atoms with E-state index < -0.39 is 38.6 Å². The van der Waals surface area contributed by atoms with Crippen LogP contribution in [0, 0.1) is 23.8 Å². The van der Waals surface area contributed by atoms with Crippen LogP contribution in [0.2, 0.25) is 0 Å². The summed E-state index contributed by atoms with van der Waals surface area (Å²) < 4.78 is 41.0. The highest BCUT2D eigenvalue weighted by atomic mass is 127. The van der Waals surface area contributed by atoms with Crippen LogP contribution in [0.15, 0.2) is 36.4 Å². The lowest BCUT2D eigenvalue weighted by Crippen LogP contribution is -2.18. The lowest BCUT2D eigenvalue weighted by Gasteiger charge is -2.23. The second-order valence-electron chi connectivity index (χ2n) is 4.91. The number of benzene rings is 2. The van der Waals surface area contributed by atoms with Gasteiger partial charge in [-0.1, -0.05) is 0 Å². The summed E-state index contributed by atoms with van der Waals surface area (Å²) >= 11 is 2.00. The van der Waals surface area contributed by atoms with Crippen molar-refractivity contribution in [2.24, 2.45) is 0 Å². The topological polar surface area (TPSA) is 89.5 Å². The van der Waals surface area contributed by atoms with Crippen molar-refractivity contribution in [2.45, 2.75) is 6.18 Å². The highest BCUT2D eigenvalue weighted by molar-refractivity contribution is 14.1. The average molecular weight is 467 g/mol. The van der Waals surface area contributed by atoms with E-state index in [-0.39, 0.29) is 5.69 Å². The first-order valence-electron chi connectivity index (χ1n) is 6.55. The number of alkyl halides is 3. The van der Waals surface area contributed by atoms with Crippen LogP contribution in [0.25, 0.3) is 0 Å². The van der Waals surface area contributed by atoms with E-state index in [4.69, 9.17) is 0 Å². The summed E-state index contributed by atoms with van der Waals surface area (Å²) in [7, 11) is 1.23. The van der Waals surface area contributed by atoms with Crippen LogP contribution in [0.4, 0.5) is 35.9 Å². The van der Waals surface area contributed by atoms with Gasteiger partial charge in [-0.2, -0.15) is 13.2 Å². The summed E-state index contributed by atoms with van der Waals surface area (Å²) in [6, 6.07) is 7.05. The fourth-order valence-electron chi connectivity index (χ4n) is 2.21. The van der Waals surface area contributed by atoms with Gasteiger partial charge in [-0.3, -0.25) is 20.2 Å². The van der Waals surface area contributed by atoms with E-state index in [9.17, 15) is 33.4 Å². The number of rotatable bonds is 4. The molecule has 0 amide bonds. The first-order valence-corrected chi connectivity index (χ1v) is 7.63. The molecule has 0 aliphatic rings. The Labute approximate surface area is 152 Å². The third kappa shape index (κ3) is 3.97. The van der Waals surface area contributed by atoms with Crippen molar-refractivity contribution in [1.29, 1.82) is 0 Å². The van der Waals surface area contributed by atoms with Crippen LogP contribution >= 0.6 is 22.6 Å². The van der Waals surface area contributed by atoms with E-state index in [1.165, 1.54) is 19.2 Å². The van der Waals surface area contributed by atoms with Gasteiger partial charge in [-0.05, 0) is 46.9 Å². The van der Waals surface area contributed by atoms with E-state index in [1.807, 2.05) is 22.6 Å². The molecule has 0 saturated heterocycles. The van der Waals surface area contributed by atoms with Crippen molar-refractivity contribution in [3.8, 4) is 0 Å². The van der Waals surface area contributed by atoms with Crippen molar-refractivity contribution >= 4 is 45.3 Å². The number of nitro groups is 2. The van der Waals surface area contributed by atoms with Gasteiger partial charge < -0.3 is 4.90 Å². The molecule has 0 radical (unpaired) electrons. The molecule has 0 aliphatic carbocycles. The van der Waals surface area contributed by atoms with Gasteiger partial charge >= 0.3 is 6.18 Å². The van der Waals surface area contributed by atoms with E-state index in [1.54, 1.807) is 12.1 Å². The SMILES string of the molecule is CN(c1ccc(I)cc1)c1c([N+](=O)[O-])cc([N+](=O)[O-])cc1C(F)(F)F. The number of hydrogen-bond donors (Lipinski definition) is 0. The summed E-state index contributed by atoms with van der Waals surface area (Å²) in [5, 5.41) is 22.1. The van der Waals surface area contributed by atoms with Crippen LogP contribution in [-0.4, -0.2) is 16.9 Å². The molecule has 0 aliphatic heterocycles. The number of non-ortho nitro benzene ring substituents is 1. The molecule has 0 N–H and O–H groups in total. The minimum Gasteiger partial charge on any atom is -0.339 e. The summed E-state index contributed by atoms with van der Waals surface area (Å²) in [6.45, 7) is 0. The zero-order chi connectivity index (χ0) is 18.9. The van der Waals surface area contributed by atoms with Gasteiger partial charge in [0.2, 0.25) is 0 Å². The standard InChI is InChI=1S/C14H9F3IN3O4/c1-19(9-4-2-8(18)3-5-9)13-11(14(15,16)17)6-10(20(22)23)7-12(13)21(24)25/h2-7H,1H3. The normalized spacial score (nSPS) is 11.2. The van der Waals surface area contributed by atoms with Crippen LogP contribution in [0.5, 0.6) is 0 Å². The molecule has 0 heterocycles. The summed E-state index contributed by atoms with van der Waals surface area (Å²) in [4.78, 5) is 20.9. The number of nitrogens with zero attached hydrogens (tertiary/aromatic N) is 3. The number of hydrogen-bond acceptors (Lipinski definition) is 5. The van der Waals surface area contributed by atoms with Gasteiger partial charge in [0.1, 0.15) is 5.69 Å². The Morgan fingerprint density at radius 3 is 2.04 bits per heavy atom. The van der Waals surface area contributed by atoms with E-state index in [0.29, 0.717) is 12.1 Å². The first kappa shape index (κ1) is 18.9. The molecule has 25 heavy (non-hydrogen) atoms. The lowest BCUT2D eigenvalue weighted by atomic mass is 10.1. The largest absolute Gasteiger partial charge is 0.418 e. The maximum Gasteiger partial charge on any atom is 0.418 e. The molecular formula is C14H9F3IN3O4. The van der Waals surface area contributed by atoms with Crippen molar-refractivity contribution in [1.82, 2.24) is 0 Å². The summed E-state index contributed by atoms with van der Waals surface area (Å²) in [5.41, 5.74) is -3.94. The van der Waals surface area contributed by atoms with E-state index in [0.717, 1.165) is 8.47 Å². The Morgan fingerprint density at radius 2 is 1.60 bits per heavy atom. The van der Waals surface area contributed by atoms with Crippen molar-refractivity contribution in [2.75, 3.05) is 11.9 Å². The van der Waals surface area contributed by atoms with E-state index in [2.05, 4.69) is 0 Å². The van der Waals surface area contributed by atoms with Gasteiger partial charge in [0.15, 0.2) is 0 Å². The van der Waals surface area contributed by atoms with Crippen molar-refractivity contribution < 1.29 is 23.0 Å². The third-order valence-corrected chi connectivity index (χ3v) is 4.06. The lowest BCUT2D eigenvalue weighted by molar-refractivity contribution is -0.394. The molecule has 0 unspecified atom stereocenters. The van der Waals surface area contributed by atoms with Gasteiger partial charge in [0.05, 0.1) is 21.5 Å². The highest BCUT2D eigenvalue weighted by Gasteiger charge is 2.41. The fraction of sp³-hybridized carbons (Fsp3) is 0.143. The smallest absolute Gasteiger partial charge is 0.339 e. The second-order valence-corrected chi connectivity index (χ2v) is 6.15. The minimum atomic E-state index is -5.01. The van der Waals surface area contributed by atoms with Gasteiger partial charge in [0.25, 0.3) is 11.4 Å². The molecule has 0 saturated carbocycles. The Balaban J connectivity index is 2.79. The quantitative estimate of drug-likeness (QED) is 0.363. The van der Waals surface area contributed by atoms with Gasteiger partial charge in [-0.25, -0.2) is 0 Å². The molecule has 0 aromatic heterocycles. The van der Waals surface area contributed by atoms with E-state index >= 15 is 0 Å². The number of nitro benzene ring substituents is 2. The Hall–Kier alpha value is -2.44. The van der Waals surface area contributed by atoms with Crippen LogP contribution in [0.1, 0.15) is 5.56 Å².